The minimum atomic E-state index is -0.654. The number of alkyl halides is 1. The second-order valence-corrected chi connectivity index (χ2v) is 4.29. The molecule has 1 aliphatic heterocycles. The Hall–Kier alpha value is -1.10. The van der Waals surface area contributed by atoms with Crippen molar-refractivity contribution in [3.63, 3.8) is 0 Å². The van der Waals surface area contributed by atoms with E-state index in [0.29, 0.717) is 26.3 Å². The third-order valence-corrected chi connectivity index (χ3v) is 3.05. The van der Waals surface area contributed by atoms with Crippen molar-refractivity contribution in [2.45, 2.75) is 5.38 Å². The second-order valence-electron chi connectivity index (χ2n) is 3.85. The number of halogens is 1. The number of hydrogen-bond acceptors (Lipinski definition) is 3. The van der Waals surface area contributed by atoms with E-state index in [4.69, 9.17) is 16.3 Å². The fourth-order valence-corrected chi connectivity index (χ4v) is 1.86. The van der Waals surface area contributed by atoms with Crippen LogP contribution in [-0.4, -0.2) is 37.2 Å². The molecule has 0 radical (unpaired) electrons. The predicted octanol–water partition coefficient (Wildman–Crippen LogP) is 1.33. The van der Waals surface area contributed by atoms with Crippen molar-refractivity contribution in [1.82, 2.24) is 10.4 Å². The Kier molecular flexibility index (Phi) is 4.36. The largest absolute Gasteiger partial charge is 0.379 e. The summed E-state index contributed by atoms with van der Waals surface area (Å²) in [6, 6.07) is 9.32. The Morgan fingerprint density at radius 2 is 1.94 bits per heavy atom. The Bertz CT molecular complexity index is 366. The highest BCUT2D eigenvalue weighted by Gasteiger charge is 2.20. The topological polar surface area (TPSA) is 41.6 Å². The molecule has 0 bridgehead atoms. The highest BCUT2D eigenvalue weighted by atomic mass is 35.5. The number of amides is 1. The third kappa shape index (κ3) is 3.43. The van der Waals surface area contributed by atoms with Crippen LogP contribution in [-0.2, 0) is 9.53 Å². The van der Waals surface area contributed by atoms with Crippen molar-refractivity contribution in [3.05, 3.63) is 35.9 Å². The van der Waals surface area contributed by atoms with Crippen LogP contribution in [0.1, 0.15) is 10.9 Å². The molecule has 2 rings (SSSR count). The Balaban J connectivity index is 1.91. The maximum absolute atomic E-state index is 11.9. The molecule has 17 heavy (non-hydrogen) atoms. The van der Waals surface area contributed by atoms with Crippen LogP contribution in [0.25, 0.3) is 0 Å². The molecular formula is C12H15ClN2O2. The van der Waals surface area contributed by atoms with Crippen molar-refractivity contribution in [2.75, 3.05) is 26.3 Å². The van der Waals surface area contributed by atoms with Gasteiger partial charge in [-0.3, -0.25) is 10.2 Å². The number of benzene rings is 1. The summed E-state index contributed by atoms with van der Waals surface area (Å²) in [5.41, 5.74) is 3.61. The van der Waals surface area contributed by atoms with Gasteiger partial charge < -0.3 is 4.74 Å². The lowest BCUT2D eigenvalue weighted by molar-refractivity contribution is -0.127. The van der Waals surface area contributed by atoms with E-state index in [1.807, 2.05) is 35.3 Å². The van der Waals surface area contributed by atoms with Crippen LogP contribution in [0, 0.1) is 0 Å². The summed E-state index contributed by atoms with van der Waals surface area (Å²) in [4.78, 5) is 11.9. The van der Waals surface area contributed by atoms with Crippen LogP contribution in [0.5, 0.6) is 0 Å². The van der Waals surface area contributed by atoms with Gasteiger partial charge in [0.25, 0.3) is 5.91 Å². The lowest BCUT2D eigenvalue weighted by atomic mass is 10.1. The highest BCUT2D eigenvalue weighted by Crippen LogP contribution is 2.19. The molecule has 1 saturated heterocycles. The van der Waals surface area contributed by atoms with Gasteiger partial charge in [0.05, 0.1) is 13.2 Å². The van der Waals surface area contributed by atoms with E-state index in [1.165, 1.54) is 0 Å². The molecule has 0 spiro atoms. The summed E-state index contributed by atoms with van der Waals surface area (Å²) in [5, 5.41) is 1.18. The molecule has 0 unspecified atom stereocenters. The molecule has 5 heteroatoms. The van der Waals surface area contributed by atoms with Gasteiger partial charge in [0.15, 0.2) is 0 Å². The van der Waals surface area contributed by atoms with Crippen molar-refractivity contribution in [3.8, 4) is 0 Å². The minimum Gasteiger partial charge on any atom is -0.379 e. The number of rotatable bonds is 3. The number of carbonyl (C=O) groups is 1. The SMILES string of the molecule is O=C(NN1CCOCC1)[C@H](Cl)c1ccccc1. The third-order valence-electron chi connectivity index (χ3n) is 2.60. The van der Waals surface area contributed by atoms with E-state index < -0.39 is 5.38 Å². The van der Waals surface area contributed by atoms with Crippen LogP contribution in [0.3, 0.4) is 0 Å². The molecular weight excluding hydrogens is 240 g/mol. The Labute approximate surface area is 105 Å². The molecule has 1 fully saturated rings. The maximum atomic E-state index is 11.9. The first-order chi connectivity index (χ1) is 8.27. The number of hydrogen-bond donors (Lipinski definition) is 1. The van der Waals surface area contributed by atoms with Crippen molar-refractivity contribution in [2.24, 2.45) is 0 Å². The fourth-order valence-electron chi connectivity index (χ4n) is 1.66. The smallest absolute Gasteiger partial charge is 0.256 e. The van der Waals surface area contributed by atoms with E-state index in [1.54, 1.807) is 0 Å². The summed E-state index contributed by atoms with van der Waals surface area (Å²) in [6.45, 7) is 2.67. The zero-order chi connectivity index (χ0) is 12.1. The average Bonchev–Trinajstić information content (AvgIpc) is 2.40. The first-order valence-corrected chi connectivity index (χ1v) is 6.03. The summed E-state index contributed by atoms with van der Waals surface area (Å²) >= 11 is 6.11. The zero-order valence-electron chi connectivity index (χ0n) is 9.43. The molecule has 1 amide bonds. The van der Waals surface area contributed by atoms with Crippen LogP contribution in [0.4, 0.5) is 0 Å². The number of nitrogens with zero attached hydrogens (tertiary/aromatic N) is 1. The summed E-state index contributed by atoms with van der Waals surface area (Å²) < 4.78 is 5.20. The number of morpholine rings is 1. The monoisotopic (exact) mass is 254 g/mol. The van der Waals surface area contributed by atoms with Crippen LogP contribution >= 0.6 is 11.6 Å². The maximum Gasteiger partial charge on any atom is 0.256 e. The van der Waals surface area contributed by atoms with Gasteiger partial charge in [-0.2, -0.15) is 0 Å². The van der Waals surface area contributed by atoms with Gasteiger partial charge in [0.2, 0.25) is 0 Å². The molecule has 1 aromatic rings. The zero-order valence-corrected chi connectivity index (χ0v) is 10.2. The first kappa shape index (κ1) is 12.4. The van der Waals surface area contributed by atoms with Crippen molar-refractivity contribution in [1.29, 1.82) is 0 Å². The van der Waals surface area contributed by atoms with E-state index in [2.05, 4.69) is 5.43 Å². The Morgan fingerprint density at radius 3 is 2.59 bits per heavy atom. The van der Waals surface area contributed by atoms with Crippen LogP contribution in [0.15, 0.2) is 30.3 Å². The molecule has 1 heterocycles. The van der Waals surface area contributed by atoms with Crippen LogP contribution in [0.2, 0.25) is 0 Å². The van der Waals surface area contributed by atoms with Gasteiger partial charge in [-0.25, -0.2) is 5.01 Å². The second kappa shape index (κ2) is 6.00. The normalized spacial score (nSPS) is 18.6. The van der Waals surface area contributed by atoms with Crippen molar-refractivity contribution < 1.29 is 9.53 Å². The molecule has 1 aromatic carbocycles. The van der Waals surface area contributed by atoms with E-state index in [-0.39, 0.29) is 5.91 Å². The molecule has 1 N–H and O–H groups in total. The molecule has 0 saturated carbocycles. The number of ether oxygens (including phenoxy) is 1. The molecule has 1 aliphatic rings. The van der Waals surface area contributed by atoms with Gasteiger partial charge in [0, 0.05) is 13.1 Å². The molecule has 4 nitrogen and oxygen atoms in total. The van der Waals surface area contributed by atoms with E-state index >= 15 is 0 Å². The van der Waals surface area contributed by atoms with E-state index in [0.717, 1.165) is 5.56 Å². The molecule has 92 valence electrons. The molecule has 0 aromatic heterocycles. The highest BCUT2D eigenvalue weighted by molar-refractivity contribution is 6.30. The number of carbonyl (C=O) groups excluding carboxylic acids is 1. The molecule has 0 aliphatic carbocycles. The van der Waals surface area contributed by atoms with Gasteiger partial charge in [-0.05, 0) is 5.56 Å². The van der Waals surface area contributed by atoms with Crippen molar-refractivity contribution >= 4 is 17.5 Å². The summed E-state index contributed by atoms with van der Waals surface area (Å²) in [7, 11) is 0. The van der Waals surface area contributed by atoms with Gasteiger partial charge in [-0.15, -0.1) is 11.6 Å². The fraction of sp³-hybridized carbons (Fsp3) is 0.417. The average molecular weight is 255 g/mol. The van der Waals surface area contributed by atoms with Gasteiger partial charge in [-0.1, -0.05) is 30.3 Å². The first-order valence-electron chi connectivity index (χ1n) is 5.59. The van der Waals surface area contributed by atoms with Gasteiger partial charge in [0.1, 0.15) is 5.38 Å². The number of hydrazine groups is 1. The molecule has 1 atom stereocenters. The lowest BCUT2D eigenvalue weighted by Gasteiger charge is -2.27. The minimum absolute atomic E-state index is 0.195. The van der Waals surface area contributed by atoms with Gasteiger partial charge >= 0.3 is 0 Å². The lowest BCUT2D eigenvalue weighted by Crippen LogP contribution is -2.49. The van der Waals surface area contributed by atoms with Crippen LogP contribution < -0.4 is 5.43 Å². The summed E-state index contributed by atoms with van der Waals surface area (Å²) in [6.07, 6.45) is 0. The number of nitrogens with one attached hydrogen (secondary N) is 1. The quantitative estimate of drug-likeness (QED) is 0.828. The summed E-state index contributed by atoms with van der Waals surface area (Å²) in [5.74, 6) is -0.195. The Morgan fingerprint density at radius 1 is 1.29 bits per heavy atom. The predicted molar refractivity (Wildman–Crippen MR) is 65.6 cm³/mol. The standard InChI is InChI=1S/C12H15ClN2O2/c13-11(10-4-2-1-3-5-10)12(16)14-15-6-8-17-9-7-15/h1-5,11H,6-9H2,(H,14,16)/t11-/m1/s1. The van der Waals surface area contributed by atoms with E-state index in [9.17, 15) is 4.79 Å².